The maximum absolute atomic E-state index is 11.0. The van der Waals surface area contributed by atoms with E-state index in [1.807, 2.05) is 6.08 Å². The molecule has 1 fully saturated rings. The Labute approximate surface area is 75.6 Å². The summed E-state index contributed by atoms with van der Waals surface area (Å²) in [5, 5.41) is 1.94. The third-order valence-corrected chi connectivity index (χ3v) is 2.28. The molecule has 66 valence electrons. The fraction of sp³-hybridized carbons (Fsp3) is 0.500. The van der Waals surface area contributed by atoms with Crippen LogP contribution in [0.4, 0.5) is 4.79 Å². The summed E-state index contributed by atoms with van der Waals surface area (Å²) >= 11 is 0.977. The third-order valence-electron chi connectivity index (χ3n) is 1.42. The molecule has 1 saturated heterocycles. The second kappa shape index (κ2) is 3.76. The number of amides is 2. The van der Waals surface area contributed by atoms with Gasteiger partial charge in [0.05, 0.1) is 4.91 Å². The van der Waals surface area contributed by atoms with Crippen LogP contribution in [0.3, 0.4) is 0 Å². The number of imide groups is 1. The van der Waals surface area contributed by atoms with Gasteiger partial charge in [0.1, 0.15) is 0 Å². The van der Waals surface area contributed by atoms with Gasteiger partial charge in [-0.05, 0) is 24.1 Å². The van der Waals surface area contributed by atoms with E-state index in [1.165, 1.54) is 0 Å². The van der Waals surface area contributed by atoms with Crippen LogP contribution in [0.2, 0.25) is 0 Å². The van der Waals surface area contributed by atoms with Gasteiger partial charge in [-0.1, -0.05) is 19.9 Å². The quantitative estimate of drug-likeness (QED) is 0.668. The molecule has 1 N–H and O–H groups in total. The Hall–Kier alpha value is -0.770. The molecule has 0 atom stereocenters. The Morgan fingerprint density at radius 3 is 2.58 bits per heavy atom. The lowest BCUT2D eigenvalue weighted by atomic mass is 10.1. The van der Waals surface area contributed by atoms with E-state index in [2.05, 4.69) is 19.2 Å². The molecular formula is C8H11NO2S. The molecule has 0 spiro atoms. The van der Waals surface area contributed by atoms with Crippen LogP contribution in [0.15, 0.2) is 11.0 Å². The molecule has 12 heavy (non-hydrogen) atoms. The number of thioether (sulfide) groups is 1. The molecule has 0 bridgehead atoms. The van der Waals surface area contributed by atoms with Gasteiger partial charge in [0.2, 0.25) is 0 Å². The second-order valence-electron chi connectivity index (χ2n) is 3.04. The van der Waals surface area contributed by atoms with Crippen molar-refractivity contribution >= 4 is 22.9 Å². The van der Waals surface area contributed by atoms with Gasteiger partial charge in [0.15, 0.2) is 0 Å². The van der Waals surface area contributed by atoms with Crippen LogP contribution in [-0.4, -0.2) is 11.1 Å². The lowest BCUT2D eigenvalue weighted by molar-refractivity contribution is -0.115. The highest BCUT2D eigenvalue weighted by molar-refractivity contribution is 8.18. The Morgan fingerprint density at radius 2 is 2.17 bits per heavy atom. The van der Waals surface area contributed by atoms with Crippen LogP contribution in [-0.2, 0) is 4.79 Å². The van der Waals surface area contributed by atoms with Crippen molar-refractivity contribution in [2.75, 3.05) is 0 Å². The standard InChI is InChI=1S/C8H11NO2S/c1-5(2)3-4-6-7(10)9-8(11)12-6/h4-5H,3H2,1-2H3,(H,9,10,11)/b6-4-. The van der Waals surface area contributed by atoms with Gasteiger partial charge in [-0.2, -0.15) is 0 Å². The van der Waals surface area contributed by atoms with Gasteiger partial charge >= 0.3 is 0 Å². The van der Waals surface area contributed by atoms with Crippen molar-refractivity contribution < 1.29 is 9.59 Å². The molecule has 1 aliphatic heterocycles. The van der Waals surface area contributed by atoms with E-state index < -0.39 is 0 Å². The maximum Gasteiger partial charge on any atom is 0.290 e. The van der Waals surface area contributed by atoms with Crippen molar-refractivity contribution in [2.45, 2.75) is 20.3 Å². The van der Waals surface area contributed by atoms with E-state index in [-0.39, 0.29) is 11.1 Å². The summed E-state index contributed by atoms with van der Waals surface area (Å²) in [5.74, 6) is 0.257. The van der Waals surface area contributed by atoms with Crippen LogP contribution in [0, 0.1) is 5.92 Å². The molecule has 0 aromatic carbocycles. The van der Waals surface area contributed by atoms with E-state index in [9.17, 15) is 9.59 Å². The zero-order chi connectivity index (χ0) is 9.14. The summed E-state index contributed by atoms with van der Waals surface area (Å²) in [7, 11) is 0. The minimum atomic E-state index is -0.269. The molecular weight excluding hydrogens is 174 g/mol. The highest BCUT2D eigenvalue weighted by atomic mass is 32.2. The third kappa shape index (κ3) is 2.37. The highest BCUT2D eigenvalue weighted by Crippen LogP contribution is 2.23. The summed E-state index contributed by atoms with van der Waals surface area (Å²) in [6, 6.07) is 0. The zero-order valence-corrected chi connectivity index (χ0v) is 7.90. The number of allylic oxidation sites excluding steroid dienone is 1. The van der Waals surface area contributed by atoms with Crippen molar-refractivity contribution in [3.8, 4) is 0 Å². The molecule has 0 radical (unpaired) electrons. The first-order valence-electron chi connectivity index (χ1n) is 3.83. The fourth-order valence-electron chi connectivity index (χ4n) is 0.803. The van der Waals surface area contributed by atoms with E-state index in [1.54, 1.807) is 0 Å². The Balaban J connectivity index is 2.57. The molecule has 0 aromatic heterocycles. The number of nitrogens with one attached hydrogen (secondary N) is 1. The van der Waals surface area contributed by atoms with Crippen molar-refractivity contribution in [3.05, 3.63) is 11.0 Å². The van der Waals surface area contributed by atoms with Gasteiger partial charge in [0, 0.05) is 0 Å². The first-order valence-corrected chi connectivity index (χ1v) is 4.64. The average molecular weight is 185 g/mol. The second-order valence-corrected chi connectivity index (χ2v) is 4.06. The zero-order valence-electron chi connectivity index (χ0n) is 7.09. The summed E-state index contributed by atoms with van der Waals surface area (Å²) in [5.41, 5.74) is 0. The topological polar surface area (TPSA) is 46.2 Å². The van der Waals surface area contributed by atoms with Crippen molar-refractivity contribution in [3.63, 3.8) is 0 Å². The molecule has 1 heterocycles. The smallest absolute Gasteiger partial charge is 0.282 e. The Bertz CT molecular complexity index is 245. The summed E-state index contributed by atoms with van der Waals surface area (Å²) in [6.07, 6.45) is 2.65. The first-order chi connectivity index (χ1) is 5.59. The molecule has 4 heteroatoms. The lowest BCUT2D eigenvalue weighted by Crippen LogP contribution is -2.17. The van der Waals surface area contributed by atoms with Crippen LogP contribution < -0.4 is 5.32 Å². The molecule has 0 saturated carbocycles. The molecule has 3 nitrogen and oxygen atoms in total. The Morgan fingerprint density at radius 1 is 1.50 bits per heavy atom. The molecule has 0 unspecified atom stereocenters. The molecule has 2 amide bonds. The van der Waals surface area contributed by atoms with Gasteiger partial charge in [-0.15, -0.1) is 0 Å². The van der Waals surface area contributed by atoms with Crippen molar-refractivity contribution in [1.29, 1.82) is 0 Å². The predicted octanol–water partition coefficient (Wildman–Crippen LogP) is 1.90. The van der Waals surface area contributed by atoms with Gasteiger partial charge in [-0.25, -0.2) is 0 Å². The van der Waals surface area contributed by atoms with E-state index in [0.29, 0.717) is 10.8 Å². The predicted molar refractivity (Wildman–Crippen MR) is 48.7 cm³/mol. The van der Waals surface area contributed by atoms with Crippen LogP contribution >= 0.6 is 11.8 Å². The average Bonchev–Trinajstić information content (AvgIpc) is 2.26. The molecule has 1 aliphatic rings. The molecule has 0 aliphatic carbocycles. The van der Waals surface area contributed by atoms with Crippen LogP contribution in [0.5, 0.6) is 0 Å². The lowest BCUT2D eigenvalue weighted by Gasteiger charge is -1.97. The van der Waals surface area contributed by atoms with Crippen molar-refractivity contribution in [2.24, 2.45) is 5.92 Å². The van der Waals surface area contributed by atoms with Gasteiger partial charge in [-0.3, -0.25) is 14.9 Å². The number of hydrogen-bond donors (Lipinski definition) is 1. The highest BCUT2D eigenvalue weighted by Gasteiger charge is 2.24. The maximum atomic E-state index is 11.0. The first kappa shape index (κ1) is 9.32. The monoisotopic (exact) mass is 185 g/mol. The SMILES string of the molecule is CC(C)C/C=C1\SC(=O)NC1=O. The molecule has 0 aromatic rings. The summed E-state index contributed by atoms with van der Waals surface area (Å²) < 4.78 is 0. The number of carbonyl (C=O) groups excluding carboxylic acids is 2. The number of carbonyl (C=O) groups is 2. The largest absolute Gasteiger partial charge is 0.290 e. The number of hydrogen-bond acceptors (Lipinski definition) is 3. The summed E-state index contributed by atoms with van der Waals surface area (Å²) in [6.45, 7) is 4.13. The van der Waals surface area contributed by atoms with E-state index in [0.717, 1.165) is 18.2 Å². The normalized spacial score (nSPS) is 20.8. The minimum absolute atomic E-state index is 0.259. The fourth-order valence-corrected chi connectivity index (χ4v) is 1.47. The number of rotatable bonds is 2. The van der Waals surface area contributed by atoms with E-state index in [4.69, 9.17) is 0 Å². The van der Waals surface area contributed by atoms with Crippen LogP contribution in [0.1, 0.15) is 20.3 Å². The van der Waals surface area contributed by atoms with E-state index >= 15 is 0 Å². The van der Waals surface area contributed by atoms with Crippen LogP contribution in [0.25, 0.3) is 0 Å². The molecule has 1 rings (SSSR count). The van der Waals surface area contributed by atoms with Crippen molar-refractivity contribution in [1.82, 2.24) is 5.32 Å². The minimum Gasteiger partial charge on any atom is -0.282 e. The Kier molecular flexibility index (Phi) is 2.92. The summed E-state index contributed by atoms with van der Waals surface area (Å²) in [4.78, 5) is 22.2. The van der Waals surface area contributed by atoms with Gasteiger partial charge in [0.25, 0.3) is 11.1 Å². The van der Waals surface area contributed by atoms with Gasteiger partial charge < -0.3 is 0 Å².